The summed E-state index contributed by atoms with van der Waals surface area (Å²) in [7, 11) is 0. The summed E-state index contributed by atoms with van der Waals surface area (Å²) in [4.78, 5) is 15.5. The molecule has 3 nitrogen and oxygen atoms in total. The largest absolute Gasteiger partial charge is 0.298 e. The molecule has 2 heterocycles. The minimum absolute atomic E-state index is 0.0144. The van der Waals surface area contributed by atoms with Crippen molar-refractivity contribution >= 4 is 22.6 Å². The van der Waals surface area contributed by atoms with Gasteiger partial charge in [0.15, 0.2) is 16.4 Å². The van der Waals surface area contributed by atoms with Crippen LogP contribution >= 0.6 is 11.6 Å². The Hall–Kier alpha value is -2.34. The highest BCUT2D eigenvalue weighted by molar-refractivity contribution is 6.29. The van der Waals surface area contributed by atoms with Gasteiger partial charge in [-0.25, -0.2) is 18.2 Å². The van der Waals surface area contributed by atoms with Crippen LogP contribution in [0.2, 0.25) is 5.15 Å². The van der Waals surface area contributed by atoms with Gasteiger partial charge >= 0.3 is 0 Å². The average Bonchev–Trinajstić information content (AvgIpc) is 2.43. The van der Waals surface area contributed by atoms with Crippen LogP contribution in [0, 0.1) is 17.5 Å². The second-order valence-electron chi connectivity index (χ2n) is 4.28. The molecule has 0 radical (unpaired) electrons. The molecule has 3 aromatic rings. The van der Waals surface area contributed by atoms with Gasteiger partial charge in [0.2, 0.25) is 0 Å². The van der Waals surface area contributed by atoms with E-state index < -0.39 is 28.0 Å². The second-order valence-corrected chi connectivity index (χ2v) is 4.64. The van der Waals surface area contributed by atoms with Crippen LogP contribution < -0.4 is 5.43 Å². The standard InChI is InChI=1S/C14H6ClF3N2O/c15-13-10(18)6-8-12(21)3-4-20(14(8)19-13)11-2-1-7(16)5-9(11)17/h1-6H. The molecule has 0 saturated heterocycles. The Morgan fingerprint density at radius 1 is 1.05 bits per heavy atom. The molecule has 0 spiro atoms. The smallest absolute Gasteiger partial charge is 0.191 e. The lowest BCUT2D eigenvalue weighted by Gasteiger charge is -2.11. The zero-order chi connectivity index (χ0) is 15.1. The molecule has 0 fully saturated rings. The van der Waals surface area contributed by atoms with E-state index in [4.69, 9.17) is 11.6 Å². The summed E-state index contributed by atoms with van der Waals surface area (Å²) in [5.41, 5.74) is -0.525. The maximum atomic E-state index is 13.9. The summed E-state index contributed by atoms with van der Waals surface area (Å²) in [5.74, 6) is -2.43. The molecule has 2 aromatic heterocycles. The van der Waals surface area contributed by atoms with Gasteiger partial charge in [-0.15, -0.1) is 0 Å². The number of pyridine rings is 2. The molecule has 0 saturated carbocycles. The third-order valence-corrected chi connectivity index (χ3v) is 3.22. The van der Waals surface area contributed by atoms with E-state index in [2.05, 4.69) is 4.98 Å². The van der Waals surface area contributed by atoms with Crippen molar-refractivity contribution in [3.05, 3.63) is 69.4 Å². The first-order chi connectivity index (χ1) is 9.97. The number of nitrogens with zero attached hydrogens (tertiary/aromatic N) is 2. The molecule has 0 N–H and O–H groups in total. The number of hydrogen-bond donors (Lipinski definition) is 0. The molecule has 0 atom stereocenters. The normalized spacial score (nSPS) is 11.0. The molecule has 21 heavy (non-hydrogen) atoms. The van der Waals surface area contributed by atoms with E-state index in [0.717, 1.165) is 18.2 Å². The summed E-state index contributed by atoms with van der Waals surface area (Å²) in [6.45, 7) is 0. The van der Waals surface area contributed by atoms with Gasteiger partial charge in [0, 0.05) is 18.3 Å². The van der Waals surface area contributed by atoms with Crippen molar-refractivity contribution in [2.24, 2.45) is 0 Å². The van der Waals surface area contributed by atoms with Gasteiger partial charge in [0.1, 0.15) is 17.3 Å². The van der Waals surface area contributed by atoms with Crippen LogP contribution in [0.1, 0.15) is 0 Å². The van der Waals surface area contributed by atoms with Gasteiger partial charge in [-0.2, -0.15) is 0 Å². The lowest BCUT2D eigenvalue weighted by atomic mass is 10.2. The van der Waals surface area contributed by atoms with Crippen LogP contribution in [0.15, 0.2) is 41.3 Å². The topological polar surface area (TPSA) is 34.9 Å². The van der Waals surface area contributed by atoms with E-state index in [-0.39, 0.29) is 16.7 Å². The van der Waals surface area contributed by atoms with Crippen molar-refractivity contribution in [3.63, 3.8) is 0 Å². The summed E-state index contributed by atoms with van der Waals surface area (Å²) in [5, 5.41) is -0.493. The monoisotopic (exact) mass is 310 g/mol. The Labute approximate surface area is 121 Å². The first-order valence-corrected chi connectivity index (χ1v) is 6.18. The summed E-state index contributed by atoms with van der Waals surface area (Å²) in [6.07, 6.45) is 1.27. The molecular formula is C14H6ClF3N2O. The molecule has 3 rings (SSSR count). The van der Waals surface area contributed by atoms with Crippen molar-refractivity contribution in [1.82, 2.24) is 9.55 Å². The Kier molecular flexibility index (Phi) is 3.17. The third-order valence-electron chi connectivity index (χ3n) is 2.95. The SMILES string of the molecule is O=c1ccn(-c2ccc(F)cc2F)c2nc(Cl)c(F)cc12. The van der Waals surface area contributed by atoms with Crippen LogP contribution in [0.5, 0.6) is 0 Å². The average molecular weight is 311 g/mol. The number of fused-ring (bicyclic) bond motifs is 1. The van der Waals surface area contributed by atoms with E-state index in [1.165, 1.54) is 16.8 Å². The predicted molar refractivity (Wildman–Crippen MR) is 72.2 cm³/mol. The van der Waals surface area contributed by atoms with Crippen molar-refractivity contribution in [1.29, 1.82) is 0 Å². The maximum Gasteiger partial charge on any atom is 0.191 e. The van der Waals surface area contributed by atoms with Crippen LogP contribution in [-0.2, 0) is 0 Å². The lowest BCUT2D eigenvalue weighted by Crippen LogP contribution is -2.10. The van der Waals surface area contributed by atoms with Crippen molar-refractivity contribution < 1.29 is 13.2 Å². The number of halogens is 4. The number of rotatable bonds is 1. The molecule has 0 unspecified atom stereocenters. The van der Waals surface area contributed by atoms with E-state index >= 15 is 0 Å². The fourth-order valence-electron chi connectivity index (χ4n) is 2.00. The van der Waals surface area contributed by atoms with Crippen molar-refractivity contribution in [2.45, 2.75) is 0 Å². The highest BCUT2D eigenvalue weighted by Crippen LogP contribution is 2.21. The van der Waals surface area contributed by atoms with Crippen LogP contribution in [-0.4, -0.2) is 9.55 Å². The maximum absolute atomic E-state index is 13.9. The zero-order valence-corrected chi connectivity index (χ0v) is 11.0. The summed E-state index contributed by atoms with van der Waals surface area (Å²) in [6, 6.07) is 5.02. The van der Waals surface area contributed by atoms with E-state index in [9.17, 15) is 18.0 Å². The first-order valence-electron chi connectivity index (χ1n) is 5.80. The van der Waals surface area contributed by atoms with E-state index in [0.29, 0.717) is 6.07 Å². The molecule has 106 valence electrons. The summed E-state index contributed by atoms with van der Waals surface area (Å²) >= 11 is 5.61. The molecule has 0 aliphatic carbocycles. The molecular weight excluding hydrogens is 305 g/mol. The molecule has 0 aliphatic rings. The van der Waals surface area contributed by atoms with Gasteiger partial charge in [0.05, 0.1) is 11.1 Å². The number of benzene rings is 1. The van der Waals surface area contributed by atoms with Crippen LogP contribution in [0.3, 0.4) is 0 Å². The van der Waals surface area contributed by atoms with Crippen molar-refractivity contribution in [3.8, 4) is 5.69 Å². The second kappa shape index (κ2) is 4.89. The Bertz CT molecular complexity index is 924. The zero-order valence-electron chi connectivity index (χ0n) is 10.3. The molecule has 7 heteroatoms. The lowest BCUT2D eigenvalue weighted by molar-refractivity contribution is 0.578. The highest BCUT2D eigenvalue weighted by atomic mass is 35.5. The number of aromatic nitrogens is 2. The Morgan fingerprint density at radius 2 is 1.81 bits per heavy atom. The molecule has 0 bridgehead atoms. The fraction of sp³-hybridized carbons (Fsp3) is 0. The Balaban J connectivity index is 2.41. The third kappa shape index (κ3) is 2.27. The Morgan fingerprint density at radius 3 is 2.52 bits per heavy atom. The highest BCUT2D eigenvalue weighted by Gasteiger charge is 2.13. The van der Waals surface area contributed by atoms with E-state index in [1.807, 2.05) is 0 Å². The predicted octanol–water partition coefficient (Wildman–Crippen LogP) is 3.46. The van der Waals surface area contributed by atoms with Crippen molar-refractivity contribution in [2.75, 3.05) is 0 Å². The molecule has 1 aromatic carbocycles. The van der Waals surface area contributed by atoms with Gasteiger partial charge < -0.3 is 0 Å². The minimum atomic E-state index is -0.849. The summed E-state index contributed by atoms with van der Waals surface area (Å²) < 4.78 is 41.5. The fourth-order valence-corrected chi connectivity index (χ4v) is 2.13. The van der Waals surface area contributed by atoms with Crippen LogP contribution in [0.25, 0.3) is 16.7 Å². The molecule has 0 amide bonds. The first kappa shape index (κ1) is 13.6. The van der Waals surface area contributed by atoms with Gasteiger partial charge in [-0.3, -0.25) is 9.36 Å². The van der Waals surface area contributed by atoms with Crippen LogP contribution in [0.4, 0.5) is 13.2 Å². The van der Waals surface area contributed by atoms with Gasteiger partial charge in [-0.1, -0.05) is 11.6 Å². The van der Waals surface area contributed by atoms with E-state index in [1.54, 1.807) is 0 Å². The number of hydrogen-bond acceptors (Lipinski definition) is 2. The quantitative estimate of drug-likeness (QED) is 0.645. The van der Waals surface area contributed by atoms with Gasteiger partial charge in [-0.05, 0) is 18.2 Å². The van der Waals surface area contributed by atoms with Gasteiger partial charge in [0.25, 0.3) is 0 Å². The minimum Gasteiger partial charge on any atom is -0.298 e. The molecule has 0 aliphatic heterocycles.